The Morgan fingerprint density at radius 2 is 2.05 bits per heavy atom. The highest BCUT2D eigenvalue weighted by Crippen LogP contribution is 2.35. The van der Waals surface area contributed by atoms with Gasteiger partial charge in [0.1, 0.15) is 6.04 Å². The Labute approximate surface area is 123 Å². The third-order valence-corrected chi connectivity index (χ3v) is 4.37. The topological polar surface area (TPSA) is 47.6 Å². The molecule has 0 saturated heterocycles. The second kappa shape index (κ2) is 8.63. The largest absolute Gasteiger partial charge is 0.468 e. The van der Waals surface area contributed by atoms with Crippen LogP contribution in [-0.2, 0) is 14.3 Å². The first-order valence-corrected chi connectivity index (χ1v) is 7.92. The van der Waals surface area contributed by atoms with Crippen LogP contribution < -0.4 is 5.32 Å². The molecule has 1 aliphatic rings. The van der Waals surface area contributed by atoms with Gasteiger partial charge in [-0.3, -0.25) is 4.79 Å². The summed E-state index contributed by atoms with van der Waals surface area (Å²) in [6.45, 7) is 9.93. The fraction of sp³-hybridized carbons (Fsp3) is 0.938. The van der Waals surface area contributed by atoms with E-state index in [-0.39, 0.29) is 18.1 Å². The number of likely N-dealkylation sites (N-methyl/N-ethyl adjacent to an activating group) is 1. The van der Waals surface area contributed by atoms with Gasteiger partial charge in [-0.2, -0.15) is 0 Å². The number of esters is 1. The van der Waals surface area contributed by atoms with Crippen LogP contribution in [0.4, 0.5) is 0 Å². The number of carbonyl (C=O) groups excluding carboxylic acids is 1. The first-order valence-electron chi connectivity index (χ1n) is 7.92. The van der Waals surface area contributed by atoms with Crippen LogP contribution in [0.3, 0.4) is 0 Å². The molecule has 0 amide bonds. The molecule has 0 aromatic carbocycles. The van der Waals surface area contributed by atoms with Crippen LogP contribution in [0.2, 0.25) is 0 Å². The molecular formula is C16H31NO3. The second-order valence-corrected chi connectivity index (χ2v) is 6.33. The molecular weight excluding hydrogens is 254 g/mol. The third-order valence-electron chi connectivity index (χ3n) is 4.37. The van der Waals surface area contributed by atoms with Crippen molar-refractivity contribution < 1.29 is 14.3 Å². The summed E-state index contributed by atoms with van der Waals surface area (Å²) in [6.07, 6.45) is 3.89. The van der Waals surface area contributed by atoms with E-state index in [1.54, 1.807) is 0 Å². The van der Waals surface area contributed by atoms with Crippen LogP contribution in [0.1, 0.15) is 47.0 Å². The van der Waals surface area contributed by atoms with Crippen LogP contribution >= 0.6 is 0 Å². The van der Waals surface area contributed by atoms with Crippen molar-refractivity contribution >= 4 is 5.97 Å². The third kappa shape index (κ3) is 5.06. The van der Waals surface area contributed by atoms with Crippen molar-refractivity contribution in [3.05, 3.63) is 0 Å². The predicted molar refractivity (Wildman–Crippen MR) is 80.6 cm³/mol. The van der Waals surface area contributed by atoms with Crippen LogP contribution in [0.15, 0.2) is 0 Å². The minimum absolute atomic E-state index is 0.239. The lowest BCUT2D eigenvalue weighted by molar-refractivity contribution is -0.146. The van der Waals surface area contributed by atoms with Crippen LogP contribution in [0.25, 0.3) is 0 Å². The minimum Gasteiger partial charge on any atom is -0.468 e. The van der Waals surface area contributed by atoms with E-state index < -0.39 is 0 Å². The molecule has 1 aliphatic carbocycles. The van der Waals surface area contributed by atoms with Crippen molar-refractivity contribution in [1.82, 2.24) is 5.32 Å². The smallest absolute Gasteiger partial charge is 0.325 e. The summed E-state index contributed by atoms with van der Waals surface area (Å²) in [4.78, 5) is 11.7. The van der Waals surface area contributed by atoms with E-state index in [0.29, 0.717) is 24.4 Å². The molecule has 0 radical (unpaired) electrons. The maximum absolute atomic E-state index is 11.7. The number of carbonyl (C=O) groups is 1. The van der Waals surface area contributed by atoms with E-state index in [2.05, 4.69) is 26.1 Å². The van der Waals surface area contributed by atoms with Gasteiger partial charge in [0.15, 0.2) is 0 Å². The molecule has 4 atom stereocenters. The van der Waals surface area contributed by atoms with Crippen LogP contribution in [0.5, 0.6) is 0 Å². The van der Waals surface area contributed by atoms with Gasteiger partial charge in [-0.15, -0.1) is 0 Å². The van der Waals surface area contributed by atoms with Crippen LogP contribution in [-0.4, -0.2) is 38.4 Å². The average Bonchev–Trinajstić information content (AvgIpc) is 2.42. The van der Waals surface area contributed by atoms with Crippen molar-refractivity contribution in [1.29, 1.82) is 0 Å². The second-order valence-electron chi connectivity index (χ2n) is 6.33. The Hall–Kier alpha value is -0.610. The summed E-state index contributed by atoms with van der Waals surface area (Å²) in [5.41, 5.74) is 0. The van der Waals surface area contributed by atoms with Gasteiger partial charge in [0.05, 0.1) is 19.8 Å². The fourth-order valence-electron chi connectivity index (χ4n) is 3.13. The molecule has 4 nitrogen and oxygen atoms in total. The Morgan fingerprint density at radius 1 is 1.35 bits per heavy atom. The Morgan fingerprint density at radius 3 is 2.60 bits per heavy atom. The number of hydrogen-bond acceptors (Lipinski definition) is 4. The molecule has 0 bridgehead atoms. The van der Waals surface area contributed by atoms with E-state index in [4.69, 9.17) is 9.47 Å². The standard InChI is InChI=1S/C16H31NO3/c1-6-17-14(16(18)19-5)10-20-15-9-12(4)7-8-13(15)11(2)3/h11-15,17H,6-10H2,1-5H3. The highest BCUT2D eigenvalue weighted by atomic mass is 16.5. The van der Waals surface area contributed by atoms with Gasteiger partial charge in [-0.05, 0) is 37.1 Å². The lowest BCUT2D eigenvalue weighted by Crippen LogP contribution is -2.44. The zero-order chi connectivity index (χ0) is 15.1. The molecule has 1 saturated carbocycles. The lowest BCUT2D eigenvalue weighted by atomic mass is 9.75. The number of nitrogens with one attached hydrogen (secondary N) is 1. The van der Waals surface area contributed by atoms with Crippen molar-refractivity contribution in [3.8, 4) is 0 Å². The summed E-state index contributed by atoms with van der Waals surface area (Å²) in [5.74, 6) is 1.71. The van der Waals surface area contributed by atoms with E-state index in [9.17, 15) is 4.79 Å². The highest BCUT2D eigenvalue weighted by molar-refractivity contribution is 5.75. The first kappa shape index (κ1) is 17.4. The zero-order valence-electron chi connectivity index (χ0n) is 13.6. The van der Waals surface area contributed by atoms with Gasteiger partial charge in [0.2, 0.25) is 0 Å². The number of hydrogen-bond donors (Lipinski definition) is 1. The Bertz CT molecular complexity index is 293. The van der Waals surface area contributed by atoms with E-state index >= 15 is 0 Å². The fourth-order valence-corrected chi connectivity index (χ4v) is 3.13. The maximum Gasteiger partial charge on any atom is 0.325 e. The minimum atomic E-state index is -0.352. The molecule has 20 heavy (non-hydrogen) atoms. The van der Waals surface area contributed by atoms with Crippen molar-refractivity contribution in [2.45, 2.75) is 59.1 Å². The van der Waals surface area contributed by atoms with Crippen LogP contribution in [0, 0.1) is 17.8 Å². The average molecular weight is 285 g/mol. The van der Waals surface area contributed by atoms with Gasteiger partial charge < -0.3 is 14.8 Å². The Kier molecular flexibility index (Phi) is 7.52. The molecule has 118 valence electrons. The monoisotopic (exact) mass is 285 g/mol. The summed E-state index contributed by atoms with van der Waals surface area (Å²) in [7, 11) is 1.42. The quantitative estimate of drug-likeness (QED) is 0.731. The molecule has 0 aliphatic heterocycles. The van der Waals surface area contributed by atoms with Gasteiger partial charge in [-0.25, -0.2) is 0 Å². The van der Waals surface area contributed by atoms with Crippen molar-refractivity contribution in [2.24, 2.45) is 17.8 Å². The molecule has 0 heterocycles. The molecule has 4 heteroatoms. The zero-order valence-corrected chi connectivity index (χ0v) is 13.6. The summed E-state index contributed by atoms with van der Waals surface area (Å²) >= 11 is 0. The molecule has 1 N–H and O–H groups in total. The SMILES string of the molecule is CCNC(COC1CC(C)CCC1C(C)C)C(=O)OC. The van der Waals surface area contributed by atoms with Gasteiger partial charge in [-0.1, -0.05) is 34.1 Å². The number of ether oxygens (including phenoxy) is 2. The van der Waals surface area contributed by atoms with Gasteiger partial charge in [0.25, 0.3) is 0 Å². The number of rotatable bonds is 7. The van der Waals surface area contributed by atoms with Crippen molar-refractivity contribution in [2.75, 3.05) is 20.3 Å². The lowest BCUT2D eigenvalue weighted by Gasteiger charge is -2.37. The molecule has 0 aromatic heterocycles. The molecule has 0 spiro atoms. The predicted octanol–water partition coefficient (Wildman–Crippen LogP) is 2.61. The summed E-state index contributed by atoms with van der Waals surface area (Å²) in [5, 5.41) is 3.13. The summed E-state index contributed by atoms with van der Waals surface area (Å²) in [6, 6.07) is -0.352. The first-order chi connectivity index (χ1) is 9.49. The normalized spacial score (nSPS) is 28.4. The maximum atomic E-state index is 11.7. The molecule has 0 aromatic rings. The van der Waals surface area contributed by atoms with E-state index in [0.717, 1.165) is 13.0 Å². The highest BCUT2D eigenvalue weighted by Gasteiger charge is 2.32. The van der Waals surface area contributed by atoms with Crippen molar-refractivity contribution in [3.63, 3.8) is 0 Å². The number of methoxy groups -OCH3 is 1. The van der Waals surface area contributed by atoms with E-state index in [1.165, 1.54) is 20.0 Å². The van der Waals surface area contributed by atoms with Gasteiger partial charge >= 0.3 is 5.97 Å². The molecule has 1 fully saturated rings. The summed E-state index contributed by atoms with van der Waals surface area (Å²) < 4.78 is 10.9. The molecule has 4 unspecified atom stereocenters. The van der Waals surface area contributed by atoms with Gasteiger partial charge in [0, 0.05) is 0 Å². The Balaban J connectivity index is 2.56. The van der Waals surface area contributed by atoms with E-state index in [1.807, 2.05) is 6.92 Å². The molecule has 1 rings (SSSR count).